The van der Waals surface area contributed by atoms with E-state index in [4.69, 9.17) is 0 Å². The molecule has 0 bridgehead atoms. The van der Waals surface area contributed by atoms with Gasteiger partial charge in [0, 0.05) is 25.7 Å². The number of rotatable bonds is 6. The zero-order valence-corrected chi connectivity index (χ0v) is 13.3. The van der Waals surface area contributed by atoms with Gasteiger partial charge < -0.3 is 20.6 Å². The normalized spacial score (nSPS) is 16.5. The highest BCUT2D eigenvalue weighted by molar-refractivity contribution is 5.74. The third kappa shape index (κ3) is 5.00. The van der Waals surface area contributed by atoms with Crippen LogP contribution < -0.4 is 10.6 Å². The molecule has 122 valence electrons. The summed E-state index contributed by atoms with van der Waals surface area (Å²) in [7, 11) is 0. The summed E-state index contributed by atoms with van der Waals surface area (Å²) in [6.45, 7) is 5.91. The standard InChI is InChI=1S/C17H27N3O2/c1-2-9-20-10-7-16(8-11-20)19-17(22)18-12-14-5-3-4-6-15(14)13-21/h3-6,16,21H,2,7-13H2,1H3,(H2,18,19,22). The minimum absolute atomic E-state index is 0.00460. The Hall–Kier alpha value is -1.59. The smallest absolute Gasteiger partial charge is 0.315 e. The van der Waals surface area contributed by atoms with Gasteiger partial charge in [0.05, 0.1) is 6.61 Å². The van der Waals surface area contributed by atoms with Gasteiger partial charge in [-0.2, -0.15) is 0 Å². The van der Waals surface area contributed by atoms with Crippen LogP contribution in [0, 0.1) is 0 Å². The number of carbonyl (C=O) groups is 1. The molecule has 0 spiro atoms. The molecule has 1 saturated heterocycles. The molecule has 5 heteroatoms. The van der Waals surface area contributed by atoms with Crippen LogP contribution in [0.5, 0.6) is 0 Å². The summed E-state index contributed by atoms with van der Waals surface area (Å²) in [5.41, 5.74) is 1.81. The number of piperidine rings is 1. The van der Waals surface area contributed by atoms with Crippen LogP contribution in [0.15, 0.2) is 24.3 Å². The number of nitrogens with zero attached hydrogens (tertiary/aromatic N) is 1. The fourth-order valence-corrected chi connectivity index (χ4v) is 2.91. The van der Waals surface area contributed by atoms with Crippen molar-refractivity contribution in [2.24, 2.45) is 0 Å². The molecule has 0 atom stereocenters. The molecule has 22 heavy (non-hydrogen) atoms. The van der Waals surface area contributed by atoms with Gasteiger partial charge in [-0.25, -0.2) is 4.79 Å². The van der Waals surface area contributed by atoms with E-state index in [9.17, 15) is 9.90 Å². The van der Waals surface area contributed by atoms with Crippen molar-refractivity contribution in [3.63, 3.8) is 0 Å². The Bertz CT molecular complexity index is 471. The fourth-order valence-electron chi connectivity index (χ4n) is 2.91. The van der Waals surface area contributed by atoms with Crippen molar-refractivity contribution in [1.29, 1.82) is 0 Å². The predicted molar refractivity (Wildman–Crippen MR) is 87.5 cm³/mol. The summed E-state index contributed by atoms with van der Waals surface area (Å²) >= 11 is 0. The van der Waals surface area contributed by atoms with Crippen molar-refractivity contribution in [3.8, 4) is 0 Å². The molecule has 0 radical (unpaired) electrons. The zero-order valence-electron chi connectivity index (χ0n) is 13.3. The Morgan fingerprint density at radius 3 is 2.59 bits per heavy atom. The molecule has 1 aliphatic heterocycles. The minimum Gasteiger partial charge on any atom is -0.392 e. The van der Waals surface area contributed by atoms with E-state index < -0.39 is 0 Å². The average Bonchev–Trinajstić information content (AvgIpc) is 2.55. The summed E-state index contributed by atoms with van der Waals surface area (Å²) in [4.78, 5) is 14.4. The zero-order chi connectivity index (χ0) is 15.8. The van der Waals surface area contributed by atoms with Crippen molar-refractivity contribution < 1.29 is 9.90 Å². The van der Waals surface area contributed by atoms with Crippen LogP contribution in [0.1, 0.15) is 37.3 Å². The largest absolute Gasteiger partial charge is 0.392 e. The van der Waals surface area contributed by atoms with Crippen LogP contribution >= 0.6 is 0 Å². The van der Waals surface area contributed by atoms with Crippen LogP contribution in [0.4, 0.5) is 4.79 Å². The molecule has 1 aliphatic rings. The van der Waals surface area contributed by atoms with Gasteiger partial charge in [0.1, 0.15) is 0 Å². The second kappa shape index (κ2) is 8.76. The topological polar surface area (TPSA) is 64.6 Å². The summed E-state index contributed by atoms with van der Waals surface area (Å²) in [6.07, 6.45) is 3.21. The number of carbonyl (C=O) groups excluding carboxylic acids is 1. The van der Waals surface area contributed by atoms with E-state index in [1.807, 2.05) is 24.3 Å². The molecule has 3 N–H and O–H groups in total. The maximum Gasteiger partial charge on any atom is 0.315 e. The van der Waals surface area contributed by atoms with E-state index in [-0.39, 0.29) is 18.7 Å². The predicted octanol–water partition coefficient (Wildman–Crippen LogP) is 1.85. The van der Waals surface area contributed by atoms with E-state index in [0.717, 1.165) is 43.6 Å². The van der Waals surface area contributed by atoms with Gasteiger partial charge in [-0.05, 0) is 36.9 Å². The molecular weight excluding hydrogens is 278 g/mol. The molecule has 1 fully saturated rings. The lowest BCUT2D eigenvalue weighted by molar-refractivity contribution is 0.192. The van der Waals surface area contributed by atoms with Crippen LogP contribution in [0.25, 0.3) is 0 Å². The van der Waals surface area contributed by atoms with Gasteiger partial charge in [0.2, 0.25) is 0 Å². The van der Waals surface area contributed by atoms with Crippen LogP contribution in [0.2, 0.25) is 0 Å². The highest BCUT2D eigenvalue weighted by atomic mass is 16.3. The SMILES string of the molecule is CCCN1CCC(NC(=O)NCc2ccccc2CO)CC1. The van der Waals surface area contributed by atoms with Gasteiger partial charge in [-0.3, -0.25) is 0 Å². The van der Waals surface area contributed by atoms with Gasteiger partial charge in [-0.15, -0.1) is 0 Å². The van der Waals surface area contributed by atoms with Gasteiger partial charge in [0.15, 0.2) is 0 Å². The molecule has 1 heterocycles. The summed E-state index contributed by atoms with van der Waals surface area (Å²) < 4.78 is 0. The maximum absolute atomic E-state index is 12.0. The number of amides is 2. The van der Waals surface area contributed by atoms with Crippen molar-refractivity contribution in [1.82, 2.24) is 15.5 Å². The second-order valence-electron chi connectivity index (χ2n) is 5.87. The molecule has 0 unspecified atom stereocenters. The maximum atomic E-state index is 12.0. The number of aliphatic hydroxyl groups is 1. The van der Waals surface area contributed by atoms with Gasteiger partial charge in [0.25, 0.3) is 0 Å². The number of hydrogen-bond acceptors (Lipinski definition) is 3. The lowest BCUT2D eigenvalue weighted by Crippen LogP contribution is -2.47. The first-order valence-corrected chi connectivity index (χ1v) is 8.17. The van der Waals surface area contributed by atoms with Crippen molar-refractivity contribution >= 4 is 6.03 Å². The first kappa shape index (κ1) is 16.8. The van der Waals surface area contributed by atoms with Crippen molar-refractivity contribution in [2.45, 2.75) is 45.4 Å². The molecular formula is C17H27N3O2. The van der Waals surface area contributed by atoms with E-state index in [1.165, 1.54) is 6.42 Å². The highest BCUT2D eigenvalue weighted by Crippen LogP contribution is 2.11. The van der Waals surface area contributed by atoms with E-state index in [0.29, 0.717) is 6.54 Å². The molecule has 1 aromatic carbocycles. The number of nitrogens with one attached hydrogen (secondary N) is 2. The highest BCUT2D eigenvalue weighted by Gasteiger charge is 2.19. The number of likely N-dealkylation sites (tertiary alicyclic amines) is 1. The fraction of sp³-hybridized carbons (Fsp3) is 0.588. The van der Waals surface area contributed by atoms with Crippen LogP contribution in [-0.4, -0.2) is 41.7 Å². The number of aliphatic hydroxyl groups excluding tert-OH is 1. The number of hydrogen-bond donors (Lipinski definition) is 3. The number of urea groups is 1. The average molecular weight is 305 g/mol. The molecule has 5 nitrogen and oxygen atoms in total. The van der Waals surface area contributed by atoms with Crippen LogP contribution in [-0.2, 0) is 13.2 Å². The summed E-state index contributed by atoms with van der Waals surface area (Å²) in [6, 6.07) is 7.74. The minimum atomic E-state index is -0.123. The monoisotopic (exact) mass is 305 g/mol. The molecule has 0 saturated carbocycles. The second-order valence-corrected chi connectivity index (χ2v) is 5.87. The Morgan fingerprint density at radius 2 is 1.95 bits per heavy atom. The van der Waals surface area contributed by atoms with Gasteiger partial charge in [-0.1, -0.05) is 31.2 Å². The first-order chi connectivity index (χ1) is 10.7. The summed E-state index contributed by atoms with van der Waals surface area (Å²) in [5.74, 6) is 0. The molecule has 1 aromatic rings. The Balaban J connectivity index is 1.72. The third-order valence-corrected chi connectivity index (χ3v) is 4.19. The Morgan fingerprint density at radius 1 is 1.27 bits per heavy atom. The lowest BCUT2D eigenvalue weighted by Gasteiger charge is -2.32. The number of benzene rings is 1. The molecule has 0 aromatic heterocycles. The van der Waals surface area contributed by atoms with E-state index in [1.54, 1.807) is 0 Å². The van der Waals surface area contributed by atoms with Crippen LogP contribution in [0.3, 0.4) is 0 Å². The van der Waals surface area contributed by atoms with Crippen molar-refractivity contribution in [3.05, 3.63) is 35.4 Å². The molecule has 0 aliphatic carbocycles. The lowest BCUT2D eigenvalue weighted by atomic mass is 10.1. The molecule has 2 rings (SSSR count). The van der Waals surface area contributed by atoms with E-state index in [2.05, 4.69) is 22.5 Å². The van der Waals surface area contributed by atoms with Gasteiger partial charge >= 0.3 is 6.03 Å². The third-order valence-electron chi connectivity index (χ3n) is 4.19. The summed E-state index contributed by atoms with van der Waals surface area (Å²) in [5, 5.41) is 15.2. The quantitative estimate of drug-likeness (QED) is 0.751. The molecule has 2 amide bonds. The van der Waals surface area contributed by atoms with Crippen molar-refractivity contribution in [2.75, 3.05) is 19.6 Å². The Labute approximate surface area is 132 Å². The Kier molecular flexibility index (Phi) is 6.68. The first-order valence-electron chi connectivity index (χ1n) is 8.17. The van der Waals surface area contributed by atoms with E-state index >= 15 is 0 Å².